The summed E-state index contributed by atoms with van der Waals surface area (Å²) in [6, 6.07) is 3.81. The lowest BCUT2D eigenvalue weighted by Crippen LogP contribution is -2.32. The molecule has 1 unspecified atom stereocenters. The van der Waals surface area contributed by atoms with Crippen LogP contribution < -0.4 is 4.72 Å². The summed E-state index contributed by atoms with van der Waals surface area (Å²) in [5, 5.41) is 0. The largest absolute Gasteiger partial charge is 0.332 e. The van der Waals surface area contributed by atoms with E-state index in [0.717, 1.165) is 49.9 Å². The summed E-state index contributed by atoms with van der Waals surface area (Å²) in [4.78, 5) is -0.644. The van der Waals surface area contributed by atoms with Crippen LogP contribution in [0.1, 0.15) is 39.5 Å². The van der Waals surface area contributed by atoms with Crippen LogP contribution in [0.5, 0.6) is 0 Å². The molecule has 1 rings (SSSR count). The molecule has 0 spiro atoms. The highest BCUT2D eigenvalue weighted by Gasteiger charge is 2.19. The van der Waals surface area contributed by atoms with E-state index in [1.807, 2.05) is 0 Å². The van der Waals surface area contributed by atoms with Gasteiger partial charge in [-0.1, -0.05) is 26.2 Å². The number of hydrogen-bond acceptors (Lipinski definition) is 4. The monoisotopic (exact) mass is 337 g/mol. The van der Waals surface area contributed by atoms with E-state index < -0.39 is 25.1 Å². The smallest absolute Gasteiger partial charge is 0.208 e. The zero-order valence-electron chi connectivity index (χ0n) is 12.0. The molecule has 0 aliphatic carbocycles. The molecule has 1 atom stereocenters. The summed E-state index contributed by atoms with van der Waals surface area (Å²) < 4.78 is 60.8. The van der Waals surface area contributed by atoms with Crippen molar-refractivity contribution in [2.75, 3.05) is 0 Å². The molecule has 120 valence electrons. The summed E-state index contributed by atoms with van der Waals surface area (Å²) in [6.07, 6.45) is 3.75. The van der Waals surface area contributed by atoms with E-state index in [1.165, 1.54) is 0 Å². The van der Waals surface area contributed by atoms with E-state index in [4.69, 9.17) is 0 Å². The van der Waals surface area contributed by atoms with Crippen molar-refractivity contribution in [1.82, 2.24) is 4.72 Å². The Labute approximate surface area is 125 Å². The number of nitrogens with one attached hydrogen (secondary N) is 1. The van der Waals surface area contributed by atoms with E-state index >= 15 is 0 Å². The topological polar surface area (TPSA) is 80.3 Å². The Morgan fingerprint density at radius 3 is 2.05 bits per heavy atom. The number of hydrogen-bond donors (Lipinski definition) is 1. The first-order valence-corrected chi connectivity index (χ1v) is 9.60. The van der Waals surface area contributed by atoms with E-state index in [0.29, 0.717) is 0 Å². The molecule has 0 fully saturated rings. The fourth-order valence-corrected chi connectivity index (χ4v) is 3.61. The van der Waals surface area contributed by atoms with Gasteiger partial charge in [0, 0.05) is 6.04 Å². The van der Waals surface area contributed by atoms with Crippen molar-refractivity contribution in [2.45, 2.75) is 55.4 Å². The van der Waals surface area contributed by atoms with Gasteiger partial charge in [-0.2, -0.15) is 8.42 Å². The molecule has 0 saturated carbocycles. The van der Waals surface area contributed by atoms with Crippen LogP contribution in [0.25, 0.3) is 0 Å². The minimum atomic E-state index is -4.82. The molecule has 5 nitrogen and oxygen atoms in total. The summed E-state index contributed by atoms with van der Waals surface area (Å²) in [7, 11) is -8.54. The van der Waals surface area contributed by atoms with Gasteiger partial charge in [-0.05, 0) is 37.6 Å². The quantitative estimate of drug-likeness (QED) is 0.584. The SMILES string of the molecule is CCCCCC(C)NS(=O)(=O)c1ccc(S(=O)(=O)F)cc1. The highest BCUT2D eigenvalue weighted by molar-refractivity contribution is 7.89. The van der Waals surface area contributed by atoms with Gasteiger partial charge in [0.25, 0.3) is 0 Å². The van der Waals surface area contributed by atoms with Crippen LogP contribution in [0.15, 0.2) is 34.1 Å². The van der Waals surface area contributed by atoms with E-state index in [-0.39, 0.29) is 10.9 Å². The van der Waals surface area contributed by atoms with Crippen molar-refractivity contribution in [3.63, 3.8) is 0 Å². The molecule has 0 aliphatic heterocycles. The van der Waals surface area contributed by atoms with Crippen molar-refractivity contribution in [3.8, 4) is 0 Å². The Morgan fingerprint density at radius 2 is 1.57 bits per heavy atom. The molecule has 21 heavy (non-hydrogen) atoms. The average molecular weight is 337 g/mol. The zero-order valence-corrected chi connectivity index (χ0v) is 13.7. The van der Waals surface area contributed by atoms with Crippen LogP contribution in [0.2, 0.25) is 0 Å². The lowest BCUT2D eigenvalue weighted by Gasteiger charge is -2.14. The van der Waals surface area contributed by atoms with Crippen molar-refractivity contribution >= 4 is 20.2 Å². The molecule has 1 aromatic rings. The number of halogens is 1. The molecule has 0 aliphatic rings. The summed E-state index contributed by atoms with van der Waals surface area (Å²) in [6.45, 7) is 3.84. The van der Waals surface area contributed by atoms with Crippen molar-refractivity contribution < 1.29 is 20.7 Å². The summed E-state index contributed by atoms with van der Waals surface area (Å²) in [5.41, 5.74) is 0. The van der Waals surface area contributed by atoms with Crippen LogP contribution in [-0.2, 0) is 20.2 Å². The van der Waals surface area contributed by atoms with Crippen LogP contribution in [-0.4, -0.2) is 22.9 Å². The van der Waals surface area contributed by atoms with Crippen LogP contribution in [0, 0.1) is 0 Å². The first-order chi connectivity index (χ1) is 9.66. The summed E-state index contributed by atoms with van der Waals surface area (Å²) >= 11 is 0. The van der Waals surface area contributed by atoms with Gasteiger partial charge in [-0.15, -0.1) is 3.89 Å². The third-order valence-corrected chi connectivity index (χ3v) is 5.45. The van der Waals surface area contributed by atoms with Crippen LogP contribution in [0.3, 0.4) is 0 Å². The fourth-order valence-electron chi connectivity index (χ4n) is 1.87. The Bertz CT molecular complexity index is 654. The molecule has 1 aromatic carbocycles. The standard InChI is InChI=1S/C13H20FNO4S2/c1-3-4-5-6-11(2)15-21(18,19)13-9-7-12(8-10-13)20(14,16)17/h7-11,15H,3-6H2,1-2H3. The molecule has 0 bridgehead atoms. The van der Waals surface area contributed by atoms with Crippen LogP contribution >= 0.6 is 0 Å². The second-order valence-corrected chi connectivity index (χ2v) is 7.99. The lowest BCUT2D eigenvalue weighted by atomic mass is 10.1. The highest BCUT2D eigenvalue weighted by atomic mass is 32.3. The molecule has 8 heteroatoms. The highest BCUT2D eigenvalue weighted by Crippen LogP contribution is 2.17. The van der Waals surface area contributed by atoms with Crippen molar-refractivity contribution in [3.05, 3.63) is 24.3 Å². The van der Waals surface area contributed by atoms with E-state index in [1.54, 1.807) is 6.92 Å². The van der Waals surface area contributed by atoms with Gasteiger partial charge in [0.05, 0.1) is 9.79 Å². The molecule has 0 amide bonds. The minimum absolute atomic E-state index is 0.0859. The maximum Gasteiger partial charge on any atom is 0.332 e. The van der Waals surface area contributed by atoms with Gasteiger partial charge in [0.2, 0.25) is 10.0 Å². The number of sulfonamides is 1. The van der Waals surface area contributed by atoms with E-state index in [2.05, 4.69) is 11.6 Å². The summed E-state index contributed by atoms with van der Waals surface area (Å²) in [5.74, 6) is 0. The van der Waals surface area contributed by atoms with Gasteiger partial charge in [0.1, 0.15) is 0 Å². The molecule has 0 heterocycles. The number of benzene rings is 1. The predicted octanol–water partition coefficient (Wildman–Crippen LogP) is 2.59. The van der Waals surface area contributed by atoms with Crippen LogP contribution in [0.4, 0.5) is 3.89 Å². The van der Waals surface area contributed by atoms with Gasteiger partial charge < -0.3 is 0 Å². The van der Waals surface area contributed by atoms with Crippen molar-refractivity contribution in [1.29, 1.82) is 0 Å². The maximum atomic E-state index is 12.7. The normalized spacial score (nSPS) is 14.0. The average Bonchev–Trinajstić information content (AvgIpc) is 2.37. The Kier molecular flexibility index (Phi) is 6.30. The molecule has 0 aromatic heterocycles. The van der Waals surface area contributed by atoms with Gasteiger partial charge in [-0.25, -0.2) is 13.1 Å². The number of unbranched alkanes of at least 4 members (excludes halogenated alkanes) is 2. The third kappa shape index (κ3) is 5.72. The lowest BCUT2D eigenvalue weighted by molar-refractivity contribution is 0.527. The second-order valence-electron chi connectivity index (χ2n) is 4.93. The molecular formula is C13H20FNO4S2. The molecular weight excluding hydrogens is 317 g/mol. The minimum Gasteiger partial charge on any atom is -0.208 e. The first-order valence-electron chi connectivity index (χ1n) is 6.74. The number of rotatable bonds is 8. The third-order valence-electron chi connectivity index (χ3n) is 3.01. The zero-order chi connectivity index (χ0) is 16.1. The van der Waals surface area contributed by atoms with Crippen molar-refractivity contribution in [2.24, 2.45) is 0 Å². The fraction of sp³-hybridized carbons (Fsp3) is 0.538. The van der Waals surface area contributed by atoms with E-state index in [9.17, 15) is 20.7 Å². The maximum absolute atomic E-state index is 12.7. The molecule has 0 radical (unpaired) electrons. The molecule has 0 saturated heterocycles. The van der Waals surface area contributed by atoms with Gasteiger partial charge in [0.15, 0.2) is 0 Å². The Hall–Kier alpha value is -0.990. The van der Waals surface area contributed by atoms with Gasteiger partial charge >= 0.3 is 10.2 Å². The predicted molar refractivity (Wildman–Crippen MR) is 78.7 cm³/mol. The Balaban J connectivity index is 2.79. The van der Waals surface area contributed by atoms with Gasteiger partial charge in [-0.3, -0.25) is 0 Å². The second kappa shape index (κ2) is 7.33. The Morgan fingerprint density at radius 1 is 1.05 bits per heavy atom. The molecule has 1 N–H and O–H groups in total. The first kappa shape index (κ1) is 18.1.